The molecule has 3 heterocycles. The third-order valence-corrected chi connectivity index (χ3v) is 7.67. The Morgan fingerprint density at radius 2 is 1.54 bits per heavy atom. The maximum absolute atomic E-state index is 14.1. The van der Waals surface area contributed by atoms with Crippen LogP contribution >= 0.6 is 0 Å². The molecule has 3 aromatic carbocycles. The summed E-state index contributed by atoms with van der Waals surface area (Å²) in [5.74, 6) is -1.29. The third kappa shape index (κ3) is 3.53. The number of likely N-dealkylation sites (tertiary alicyclic amines) is 1. The highest BCUT2D eigenvalue weighted by molar-refractivity contribution is 6.12. The van der Waals surface area contributed by atoms with E-state index in [0.29, 0.717) is 17.1 Å². The van der Waals surface area contributed by atoms with Gasteiger partial charge in [0, 0.05) is 11.8 Å². The fourth-order valence-corrected chi connectivity index (χ4v) is 6.00. The second kappa shape index (κ2) is 8.92. The second-order valence-electron chi connectivity index (χ2n) is 9.52. The first-order valence-electron chi connectivity index (χ1n) is 12.2. The van der Waals surface area contributed by atoms with E-state index in [1.165, 1.54) is 19.1 Å². The van der Waals surface area contributed by atoms with Crippen molar-refractivity contribution in [3.8, 4) is 11.5 Å². The average Bonchev–Trinajstić information content (AvgIpc) is 3.41. The van der Waals surface area contributed by atoms with Crippen molar-refractivity contribution in [1.82, 2.24) is 9.80 Å². The highest BCUT2D eigenvalue weighted by Gasteiger charge is 2.64. The number of rotatable bonds is 6. The van der Waals surface area contributed by atoms with Gasteiger partial charge in [0.15, 0.2) is 17.3 Å². The summed E-state index contributed by atoms with van der Waals surface area (Å²) in [4.78, 5) is 45.1. The Bertz CT molecular complexity index is 1430. The van der Waals surface area contributed by atoms with Gasteiger partial charge in [0.05, 0.1) is 38.6 Å². The molecule has 37 heavy (non-hydrogen) atoms. The molecule has 0 saturated carbocycles. The molecule has 4 atom stereocenters. The van der Waals surface area contributed by atoms with Gasteiger partial charge in [0.1, 0.15) is 6.04 Å². The molecule has 186 valence electrons. The summed E-state index contributed by atoms with van der Waals surface area (Å²) >= 11 is 0. The molecule has 0 bridgehead atoms. The minimum absolute atomic E-state index is 0.187. The van der Waals surface area contributed by atoms with Gasteiger partial charge in [-0.15, -0.1) is 0 Å². The van der Waals surface area contributed by atoms with Gasteiger partial charge >= 0.3 is 0 Å². The summed E-state index contributed by atoms with van der Waals surface area (Å²) in [6.07, 6.45) is 3.80. The molecule has 3 aliphatic rings. The van der Waals surface area contributed by atoms with E-state index in [9.17, 15) is 14.4 Å². The fourth-order valence-electron chi connectivity index (χ4n) is 6.00. The maximum Gasteiger partial charge on any atom is 0.236 e. The van der Waals surface area contributed by atoms with Gasteiger partial charge in [-0.25, -0.2) is 0 Å². The van der Waals surface area contributed by atoms with Crippen molar-refractivity contribution >= 4 is 23.7 Å². The molecule has 2 amide bonds. The van der Waals surface area contributed by atoms with Crippen LogP contribution in [-0.4, -0.2) is 47.7 Å². The Hall–Kier alpha value is -4.39. The van der Waals surface area contributed by atoms with Gasteiger partial charge in [-0.2, -0.15) is 0 Å². The molecule has 7 heteroatoms. The summed E-state index contributed by atoms with van der Waals surface area (Å²) < 4.78 is 10.7. The predicted molar refractivity (Wildman–Crippen MR) is 137 cm³/mol. The molecule has 0 spiro atoms. The molecule has 3 aliphatic heterocycles. The number of Topliss-reactive ketones (excluding diaryl/α,β-unsaturated/α-hetero) is 1. The Labute approximate surface area is 214 Å². The number of nitrogens with zero attached hydrogens (tertiary/aromatic N) is 2. The van der Waals surface area contributed by atoms with Crippen LogP contribution in [-0.2, 0) is 16.1 Å². The van der Waals surface area contributed by atoms with Crippen molar-refractivity contribution in [2.75, 3.05) is 14.2 Å². The van der Waals surface area contributed by atoms with Crippen molar-refractivity contribution in [3.63, 3.8) is 0 Å². The number of amides is 2. The number of imide groups is 1. The molecule has 2 saturated heterocycles. The number of methoxy groups -OCH3 is 2. The number of carbonyl (C=O) groups excluding carboxylic acids is 3. The van der Waals surface area contributed by atoms with Gasteiger partial charge in [0.25, 0.3) is 0 Å². The zero-order valence-electron chi connectivity index (χ0n) is 20.5. The zero-order chi connectivity index (χ0) is 25.7. The van der Waals surface area contributed by atoms with Crippen LogP contribution in [0.1, 0.15) is 33.1 Å². The van der Waals surface area contributed by atoms with Crippen molar-refractivity contribution in [1.29, 1.82) is 0 Å². The molecule has 7 nitrogen and oxygen atoms in total. The first kappa shape index (κ1) is 23.0. The number of benzene rings is 3. The van der Waals surface area contributed by atoms with Crippen LogP contribution in [0.4, 0.5) is 0 Å². The molecule has 0 N–H and O–H groups in total. The lowest BCUT2D eigenvalue weighted by Crippen LogP contribution is -2.44. The van der Waals surface area contributed by atoms with Crippen molar-refractivity contribution in [2.24, 2.45) is 11.8 Å². The van der Waals surface area contributed by atoms with Crippen LogP contribution in [0.3, 0.4) is 0 Å². The molecule has 0 aromatic heterocycles. The number of hydrogen-bond donors (Lipinski definition) is 0. The van der Waals surface area contributed by atoms with E-state index in [1.807, 2.05) is 71.8 Å². The fraction of sp³-hybridized carbons (Fsp3) is 0.233. The van der Waals surface area contributed by atoms with E-state index >= 15 is 0 Å². The summed E-state index contributed by atoms with van der Waals surface area (Å²) in [5.41, 5.74) is 3.21. The van der Waals surface area contributed by atoms with Crippen LogP contribution in [0.15, 0.2) is 79.0 Å². The molecular weight excluding hydrogens is 468 g/mol. The lowest BCUT2D eigenvalue weighted by molar-refractivity contribution is -0.142. The minimum atomic E-state index is -0.824. The summed E-state index contributed by atoms with van der Waals surface area (Å²) in [5, 5.41) is 0. The van der Waals surface area contributed by atoms with Gasteiger partial charge < -0.3 is 14.4 Å². The SMILES string of the molecule is COc1ccc(C(=O)C2C3C(=O)N(Cc4ccccc4)C(=O)C3C3c4ccccc4C=CN23)cc1OC. The van der Waals surface area contributed by atoms with E-state index < -0.39 is 23.9 Å². The Kier molecular flexibility index (Phi) is 5.56. The number of ether oxygens (including phenoxy) is 2. The Morgan fingerprint density at radius 1 is 0.838 bits per heavy atom. The maximum atomic E-state index is 14.1. The van der Waals surface area contributed by atoms with E-state index in [2.05, 4.69) is 0 Å². The van der Waals surface area contributed by atoms with E-state index in [4.69, 9.17) is 9.47 Å². The third-order valence-electron chi connectivity index (χ3n) is 7.67. The van der Waals surface area contributed by atoms with E-state index in [0.717, 1.165) is 16.7 Å². The largest absolute Gasteiger partial charge is 0.493 e. The summed E-state index contributed by atoms with van der Waals surface area (Å²) in [6, 6.07) is 21.1. The number of hydrogen-bond acceptors (Lipinski definition) is 6. The standard InChI is InChI=1S/C30H26N2O5/c1-36-22-13-12-20(16-23(22)37-2)28(33)27-25-24(26-21-11-7-6-10-19(21)14-15-31(26)27)29(34)32(30(25)35)17-18-8-4-3-5-9-18/h3-16,24-27H,17H2,1-2H3. The van der Waals surface area contributed by atoms with Crippen LogP contribution in [0.25, 0.3) is 6.08 Å². The van der Waals surface area contributed by atoms with Gasteiger partial charge in [-0.3, -0.25) is 19.3 Å². The molecule has 2 fully saturated rings. The molecule has 3 aromatic rings. The molecular formula is C30H26N2O5. The molecule has 0 aliphatic carbocycles. The lowest BCUT2D eigenvalue weighted by Gasteiger charge is -2.35. The number of carbonyl (C=O) groups is 3. The van der Waals surface area contributed by atoms with Gasteiger partial charge in [-0.1, -0.05) is 54.6 Å². The van der Waals surface area contributed by atoms with Gasteiger partial charge in [0.2, 0.25) is 11.8 Å². The Balaban J connectivity index is 1.44. The highest BCUT2D eigenvalue weighted by atomic mass is 16.5. The van der Waals surface area contributed by atoms with Crippen LogP contribution in [0.5, 0.6) is 11.5 Å². The molecule has 6 rings (SSSR count). The monoisotopic (exact) mass is 494 g/mol. The summed E-state index contributed by atoms with van der Waals surface area (Å²) in [7, 11) is 3.05. The van der Waals surface area contributed by atoms with Crippen molar-refractivity contribution in [2.45, 2.75) is 18.6 Å². The van der Waals surface area contributed by atoms with Crippen LogP contribution < -0.4 is 9.47 Å². The topological polar surface area (TPSA) is 76.2 Å². The number of fused-ring (bicyclic) bond motifs is 5. The van der Waals surface area contributed by atoms with Crippen LogP contribution in [0, 0.1) is 11.8 Å². The predicted octanol–water partition coefficient (Wildman–Crippen LogP) is 4.10. The Morgan fingerprint density at radius 3 is 2.30 bits per heavy atom. The zero-order valence-corrected chi connectivity index (χ0v) is 20.5. The van der Waals surface area contributed by atoms with Crippen molar-refractivity contribution in [3.05, 3.63) is 101 Å². The van der Waals surface area contributed by atoms with E-state index in [1.54, 1.807) is 18.2 Å². The van der Waals surface area contributed by atoms with Crippen molar-refractivity contribution < 1.29 is 23.9 Å². The first-order chi connectivity index (χ1) is 18.0. The first-order valence-corrected chi connectivity index (χ1v) is 12.2. The lowest BCUT2D eigenvalue weighted by atomic mass is 9.83. The van der Waals surface area contributed by atoms with Crippen LogP contribution in [0.2, 0.25) is 0 Å². The number of ketones is 1. The highest BCUT2D eigenvalue weighted by Crippen LogP contribution is 2.53. The quantitative estimate of drug-likeness (QED) is 0.380. The minimum Gasteiger partial charge on any atom is -0.493 e. The van der Waals surface area contributed by atoms with E-state index in [-0.39, 0.29) is 24.1 Å². The normalized spacial score (nSPS) is 23.5. The average molecular weight is 495 g/mol. The smallest absolute Gasteiger partial charge is 0.236 e. The van der Waals surface area contributed by atoms with Gasteiger partial charge in [-0.05, 0) is 41.0 Å². The summed E-state index contributed by atoms with van der Waals surface area (Å²) in [6.45, 7) is 0.187. The molecule has 0 radical (unpaired) electrons. The second-order valence-corrected chi connectivity index (χ2v) is 9.52. The molecule has 4 unspecified atom stereocenters.